The molecule has 0 heterocycles. The van der Waals surface area contributed by atoms with E-state index in [0.29, 0.717) is 13.0 Å². The average molecular weight is 172 g/mol. The second-order valence-corrected chi connectivity index (χ2v) is 2.68. The van der Waals surface area contributed by atoms with Crippen LogP contribution in [0.2, 0.25) is 0 Å². The molecule has 0 rings (SSSR count). The summed E-state index contributed by atoms with van der Waals surface area (Å²) in [5.74, 6) is -0.0101. The molecule has 0 saturated heterocycles. The summed E-state index contributed by atoms with van der Waals surface area (Å²) in [5, 5.41) is 6.94. The van der Waals surface area contributed by atoms with E-state index >= 15 is 0 Å². The molecule has 0 aliphatic carbocycles. The lowest BCUT2D eigenvalue weighted by Gasteiger charge is -2.00. The molecule has 0 aliphatic rings. The zero-order valence-corrected chi connectivity index (χ0v) is 7.43. The smallest absolute Gasteiger partial charge is 0.302 e. The van der Waals surface area contributed by atoms with Gasteiger partial charge in [-0.05, 0) is 19.3 Å². The number of nitrogens with two attached hydrogens (primary N) is 1. The Hall–Kier alpha value is -1.06. The monoisotopic (exact) mass is 172 g/mol. The summed E-state index contributed by atoms with van der Waals surface area (Å²) in [6, 6.07) is 0. The van der Waals surface area contributed by atoms with Crippen molar-refractivity contribution in [1.29, 1.82) is 5.41 Å². The largest absolute Gasteiger partial charge is 0.466 e. The van der Waals surface area contributed by atoms with Gasteiger partial charge in [0.25, 0.3) is 0 Å². The van der Waals surface area contributed by atoms with Crippen LogP contribution in [0.15, 0.2) is 0 Å². The SMILES string of the molecule is CC(=O)OCCCCCC(=N)N. The predicted octanol–water partition coefficient (Wildman–Crippen LogP) is 1.05. The number of unbranched alkanes of at least 4 members (excludes halogenated alkanes) is 2. The highest BCUT2D eigenvalue weighted by Gasteiger charge is 1.94. The first kappa shape index (κ1) is 10.9. The van der Waals surface area contributed by atoms with Crippen LogP contribution in [0.1, 0.15) is 32.6 Å². The number of carbonyl (C=O) groups is 1. The van der Waals surface area contributed by atoms with Gasteiger partial charge in [-0.2, -0.15) is 0 Å². The molecule has 4 nitrogen and oxygen atoms in total. The maximum Gasteiger partial charge on any atom is 0.302 e. The van der Waals surface area contributed by atoms with E-state index in [4.69, 9.17) is 15.9 Å². The Bertz CT molecular complexity index is 139. The fourth-order valence-electron chi connectivity index (χ4n) is 0.810. The topological polar surface area (TPSA) is 76.2 Å². The van der Waals surface area contributed by atoms with Crippen LogP contribution < -0.4 is 5.73 Å². The number of esters is 1. The zero-order valence-electron chi connectivity index (χ0n) is 7.43. The van der Waals surface area contributed by atoms with E-state index in [9.17, 15) is 4.79 Å². The van der Waals surface area contributed by atoms with Crippen molar-refractivity contribution < 1.29 is 9.53 Å². The summed E-state index contributed by atoms with van der Waals surface area (Å²) in [7, 11) is 0. The van der Waals surface area contributed by atoms with Gasteiger partial charge in [0.2, 0.25) is 0 Å². The minimum Gasteiger partial charge on any atom is -0.466 e. The lowest BCUT2D eigenvalue weighted by Crippen LogP contribution is -2.08. The van der Waals surface area contributed by atoms with Crippen LogP contribution in [0.3, 0.4) is 0 Å². The molecule has 0 fully saturated rings. The van der Waals surface area contributed by atoms with Gasteiger partial charge in [0.05, 0.1) is 12.4 Å². The maximum absolute atomic E-state index is 10.3. The molecule has 0 unspecified atom stereocenters. The first-order chi connectivity index (χ1) is 5.63. The Labute approximate surface area is 72.6 Å². The average Bonchev–Trinajstić information content (AvgIpc) is 1.95. The van der Waals surface area contributed by atoms with Gasteiger partial charge >= 0.3 is 5.97 Å². The zero-order chi connectivity index (χ0) is 9.40. The maximum atomic E-state index is 10.3. The van der Waals surface area contributed by atoms with Gasteiger partial charge in [-0.25, -0.2) is 0 Å². The van der Waals surface area contributed by atoms with E-state index < -0.39 is 0 Å². The van der Waals surface area contributed by atoms with Crippen LogP contribution >= 0.6 is 0 Å². The van der Waals surface area contributed by atoms with Crippen LogP contribution in [-0.2, 0) is 9.53 Å². The van der Waals surface area contributed by atoms with Crippen LogP contribution in [-0.4, -0.2) is 18.4 Å². The highest BCUT2D eigenvalue weighted by Crippen LogP contribution is 1.99. The Morgan fingerprint density at radius 1 is 1.42 bits per heavy atom. The minimum atomic E-state index is -0.235. The minimum absolute atomic E-state index is 0.225. The van der Waals surface area contributed by atoms with E-state index in [1.54, 1.807) is 0 Å². The molecular formula is C8H16N2O2. The number of hydrogen-bond donors (Lipinski definition) is 2. The molecule has 3 N–H and O–H groups in total. The van der Waals surface area contributed by atoms with Crippen LogP contribution in [0.5, 0.6) is 0 Å². The molecule has 0 aromatic rings. The predicted molar refractivity (Wildman–Crippen MR) is 47.0 cm³/mol. The first-order valence-corrected chi connectivity index (χ1v) is 4.09. The number of carbonyl (C=O) groups excluding carboxylic acids is 1. The fourth-order valence-corrected chi connectivity index (χ4v) is 0.810. The number of rotatable bonds is 6. The standard InChI is InChI=1S/C8H16N2O2/c1-7(11)12-6-4-2-3-5-8(9)10/h2-6H2,1H3,(H3,9,10). The van der Waals surface area contributed by atoms with Gasteiger partial charge in [-0.1, -0.05) is 0 Å². The normalized spacial score (nSPS) is 9.42. The third-order valence-electron chi connectivity index (χ3n) is 1.40. The molecule has 4 heteroatoms. The molecule has 0 aromatic heterocycles. The van der Waals surface area contributed by atoms with Gasteiger partial charge in [-0.3, -0.25) is 10.2 Å². The summed E-state index contributed by atoms with van der Waals surface area (Å²) < 4.78 is 4.73. The van der Waals surface area contributed by atoms with E-state index in [0.717, 1.165) is 19.3 Å². The van der Waals surface area contributed by atoms with Crippen LogP contribution in [0.4, 0.5) is 0 Å². The first-order valence-electron chi connectivity index (χ1n) is 4.09. The van der Waals surface area contributed by atoms with Gasteiger partial charge in [0, 0.05) is 13.3 Å². The van der Waals surface area contributed by atoms with Gasteiger partial charge in [0.15, 0.2) is 0 Å². The van der Waals surface area contributed by atoms with Crippen molar-refractivity contribution in [3.8, 4) is 0 Å². The summed E-state index contributed by atoms with van der Waals surface area (Å²) in [6.45, 7) is 1.88. The van der Waals surface area contributed by atoms with Crippen LogP contribution in [0.25, 0.3) is 0 Å². The molecule has 0 atom stereocenters. The molecule has 70 valence electrons. The molecule has 12 heavy (non-hydrogen) atoms. The van der Waals surface area contributed by atoms with Crippen molar-refractivity contribution in [2.75, 3.05) is 6.61 Å². The van der Waals surface area contributed by atoms with Crippen molar-refractivity contribution in [1.82, 2.24) is 0 Å². The molecule has 0 aromatic carbocycles. The van der Waals surface area contributed by atoms with Gasteiger partial charge in [-0.15, -0.1) is 0 Å². The van der Waals surface area contributed by atoms with E-state index in [1.165, 1.54) is 6.92 Å². The van der Waals surface area contributed by atoms with E-state index in [1.807, 2.05) is 0 Å². The molecule has 0 aliphatic heterocycles. The second-order valence-electron chi connectivity index (χ2n) is 2.68. The van der Waals surface area contributed by atoms with Gasteiger partial charge in [0.1, 0.15) is 0 Å². The van der Waals surface area contributed by atoms with Crippen molar-refractivity contribution in [2.45, 2.75) is 32.6 Å². The van der Waals surface area contributed by atoms with Crippen molar-refractivity contribution in [3.63, 3.8) is 0 Å². The number of amidine groups is 1. The Morgan fingerprint density at radius 2 is 2.08 bits per heavy atom. The lowest BCUT2D eigenvalue weighted by atomic mass is 10.2. The second kappa shape index (κ2) is 6.64. The molecule has 0 bridgehead atoms. The van der Waals surface area contributed by atoms with Crippen molar-refractivity contribution in [3.05, 3.63) is 0 Å². The molecule has 0 spiro atoms. The fraction of sp³-hybridized carbons (Fsp3) is 0.750. The highest BCUT2D eigenvalue weighted by molar-refractivity contribution is 5.76. The Morgan fingerprint density at radius 3 is 2.58 bits per heavy atom. The third-order valence-corrected chi connectivity index (χ3v) is 1.40. The van der Waals surface area contributed by atoms with Crippen molar-refractivity contribution >= 4 is 11.8 Å². The van der Waals surface area contributed by atoms with Crippen molar-refractivity contribution in [2.24, 2.45) is 5.73 Å². The van der Waals surface area contributed by atoms with Crippen LogP contribution in [0, 0.1) is 5.41 Å². The number of nitrogens with one attached hydrogen (secondary N) is 1. The van der Waals surface area contributed by atoms with E-state index in [-0.39, 0.29) is 11.8 Å². The summed E-state index contributed by atoms with van der Waals surface area (Å²) in [6.07, 6.45) is 3.34. The molecule has 0 saturated carbocycles. The summed E-state index contributed by atoms with van der Waals surface area (Å²) >= 11 is 0. The van der Waals surface area contributed by atoms with E-state index in [2.05, 4.69) is 0 Å². The highest BCUT2D eigenvalue weighted by atomic mass is 16.5. The van der Waals surface area contributed by atoms with Gasteiger partial charge < -0.3 is 10.5 Å². The third kappa shape index (κ3) is 8.94. The Balaban J connectivity index is 3.01. The molecule has 0 radical (unpaired) electrons. The number of hydrogen-bond acceptors (Lipinski definition) is 3. The number of ether oxygens (including phenoxy) is 1. The molecular weight excluding hydrogens is 156 g/mol. The molecule has 0 amide bonds. The lowest BCUT2D eigenvalue weighted by molar-refractivity contribution is -0.141. The Kier molecular flexibility index (Phi) is 6.05. The summed E-state index contributed by atoms with van der Waals surface area (Å²) in [5.41, 5.74) is 5.15. The quantitative estimate of drug-likeness (QED) is 0.272. The summed E-state index contributed by atoms with van der Waals surface area (Å²) in [4.78, 5) is 10.3.